The summed E-state index contributed by atoms with van der Waals surface area (Å²) in [5.74, 6) is 0.314. The summed E-state index contributed by atoms with van der Waals surface area (Å²) in [7, 11) is 0. The highest BCUT2D eigenvalue weighted by Gasteiger charge is 2.27. The highest BCUT2D eigenvalue weighted by molar-refractivity contribution is 5.14. The zero-order valence-electron chi connectivity index (χ0n) is 15.3. The first-order valence-corrected chi connectivity index (χ1v) is 8.89. The third-order valence-electron chi connectivity index (χ3n) is 4.87. The number of hydrogen-bond donors (Lipinski definition) is 1. The van der Waals surface area contributed by atoms with E-state index in [1.807, 2.05) is 0 Å². The summed E-state index contributed by atoms with van der Waals surface area (Å²) < 4.78 is 6.09. The SMILES string of the molecule is CC(C)=CCC(O)C(C)CCC[C@@]1(C)CCCC(=CC#N)CO1. The van der Waals surface area contributed by atoms with Crippen molar-refractivity contribution in [2.45, 2.75) is 84.3 Å². The average molecular weight is 319 g/mol. The Morgan fingerprint density at radius 2 is 2.22 bits per heavy atom. The molecule has 0 radical (unpaired) electrons. The maximum Gasteiger partial charge on any atom is 0.0912 e. The summed E-state index contributed by atoms with van der Waals surface area (Å²) in [6, 6.07) is 2.11. The van der Waals surface area contributed by atoms with E-state index in [0.29, 0.717) is 12.5 Å². The monoisotopic (exact) mass is 319 g/mol. The predicted octanol–water partition coefficient (Wildman–Crippen LogP) is 4.92. The number of hydrogen-bond acceptors (Lipinski definition) is 3. The van der Waals surface area contributed by atoms with Gasteiger partial charge in [0, 0.05) is 6.08 Å². The molecule has 0 aromatic carbocycles. The largest absolute Gasteiger partial charge is 0.393 e. The van der Waals surface area contributed by atoms with Gasteiger partial charge in [0.2, 0.25) is 0 Å². The lowest BCUT2D eigenvalue weighted by Gasteiger charge is -2.29. The number of ether oxygens (including phenoxy) is 1. The van der Waals surface area contributed by atoms with E-state index in [9.17, 15) is 5.11 Å². The predicted molar refractivity (Wildman–Crippen MR) is 95.0 cm³/mol. The first-order chi connectivity index (χ1) is 10.9. The van der Waals surface area contributed by atoms with Gasteiger partial charge in [-0.25, -0.2) is 0 Å². The maximum atomic E-state index is 10.2. The Bertz CT molecular complexity index is 457. The van der Waals surface area contributed by atoms with Crippen LogP contribution in [0.2, 0.25) is 0 Å². The number of rotatable bonds is 7. The Morgan fingerprint density at radius 1 is 1.48 bits per heavy atom. The molecule has 1 saturated heterocycles. The maximum absolute atomic E-state index is 10.2. The van der Waals surface area contributed by atoms with Crippen LogP contribution in [-0.2, 0) is 4.74 Å². The third kappa shape index (κ3) is 7.81. The summed E-state index contributed by atoms with van der Waals surface area (Å²) >= 11 is 0. The molecule has 3 nitrogen and oxygen atoms in total. The topological polar surface area (TPSA) is 53.2 Å². The van der Waals surface area contributed by atoms with E-state index >= 15 is 0 Å². The van der Waals surface area contributed by atoms with Gasteiger partial charge in [-0.15, -0.1) is 0 Å². The summed E-state index contributed by atoms with van der Waals surface area (Å²) in [5.41, 5.74) is 2.29. The molecule has 130 valence electrons. The quantitative estimate of drug-likeness (QED) is 0.535. The average Bonchev–Trinajstić information content (AvgIpc) is 2.67. The molecule has 1 heterocycles. The molecular weight excluding hydrogens is 286 g/mol. The van der Waals surface area contributed by atoms with Crippen LogP contribution in [0.3, 0.4) is 0 Å². The van der Waals surface area contributed by atoms with Gasteiger partial charge < -0.3 is 9.84 Å². The molecule has 0 aromatic heterocycles. The minimum atomic E-state index is -0.252. The van der Waals surface area contributed by atoms with Gasteiger partial charge in [0.15, 0.2) is 0 Å². The Labute approximate surface area is 142 Å². The summed E-state index contributed by atoms with van der Waals surface area (Å²) in [6.45, 7) is 9.04. The first kappa shape index (κ1) is 19.9. The Kier molecular flexibility index (Phi) is 8.58. The molecule has 0 aromatic rings. The van der Waals surface area contributed by atoms with Gasteiger partial charge >= 0.3 is 0 Å². The van der Waals surface area contributed by atoms with Gasteiger partial charge in [0.1, 0.15) is 0 Å². The molecule has 3 atom stereocenters. The van der Waals surface area contributed by atoms with E-state index in [1.54, 1.807) is 6.08 Å². The van der Waals surface area contributed by atoms with Crippen molar-refractivity contribution >= 4 is 0 Å². The molecule has 1 rings (SSSR count). The van der Waals surface area contributed by atoms with Crippen molar-refractivity contribution in [2.24, 2.45) is 5.92 Å². The second-order valence-electron chi connectivity index (χ2n) is 7.48. The minimum absolute atomic E-state index is 0.0877. The van der Waals surface area contributed by atoms with Crippen LogP contribution in [0.25, 0.3) is 0 Å². The Balaban J connectivity index is 2.38. The van der Waals surface area contributed by atoms with E-state index in [0.717, 1.165) is 50.5 Å². The summed E-state index contributed by atoms with van der Waals surface area (Å²) in [6.07, 6.45) is 10.5. The lowest BCUT2D eigenvalue weighted by molar-refractivity contribution is -0.0287. The van der Waals surface area contributed by atoms with Gasteiger partial charge in [0.25, 0.3) is 0 Å². The molecule has 2 unspecified atom stereocenters. The molecule has 23 heavy (non-hydrogen) atoms. The molecule has 0 saturated carbocycles. The van der Waals surface area contributed by atoms with Crippen molar-refractivity contribution in [1.82, 2.24) is 0 Å². The zero-order valence-corrected chi connectivity index (χ0v) is 15.3. The fourth-order valence-electron chi connectivity index (χ4n) is 3.08. The smallest absolute Gasteiger partial charge is 0.0912 e. The van der Waals surface area contributed by atoms with E-state index in [4.69, 9.17) is 10.00 Å². The molecule has 0 amide bonds. The number of aliphatic hydroxyl groups excluding tert-OH is 1. The number of nitriles is 1. The van der Waals surface area contributed by atoms with Crippen molar-refractivity contribution in [2.75, 3.05) is 6.61 Å². The number of allylic oxidation sites excluding steroid dienone is 2. The number of nitrogens with zero attached hydrogens (tertiary/aromatic N) is 1. The third-order valence-corrected chi connectivity index (χ3v) is 4.87. The van der Waals surface area contributed by atoms with Crippen LogP contribution >= 0.6 is 0 Å². The van der Waals surface area contributed by atoms with E-state index in [1.165, 1.54) is 5.57 Å². The Morgan fingerprint density at radius 3 is 2.87 bits per heavy atom. The molecule has 0 bridgehead atoms. The minimum Gasteiger partial charge on any atom is -0.393 e. The van der Waals surface area contributed by atoms with E-state index in [2.05, 4.69) is 39.8 Å². The fraction of sp³-hybridized carbons (Fsp3) is 0.750. The normalized spacial score (nSPS) is 26.2. The second kappa shape index (κ2) is 9.90. The van der Waals surface area contributed by atoms with Crippen LogP contribution < -0.4 is 0 Å². The molecule has 1 N–H and O–H groups in total. The first-order valence-electron chi connectivity index (χ1n) is 8.89. The zero-order chi connectivity index (χ0) is 17.3. The van der Waals surface area contributed by atoms with Crippen LogP contribution in [0.5, 0.6) is 0 Å². The highest BCUT2D eigenvalue weighted by atomic mass is 16.5. The summed E-state index contributed by atoms with van der Waals surface area (Å²) in [4.78, 5) is 0. The van der Waals surface area contributed by atoms with Gasteiger partial charge in [-0.2, -0.15) is 5.26 Å². The molecule has 0 aliphatic carbocycles. The lowest BCUT2D eigenvalue weighted by Crippen LogP contribution is -2.28. The van der Waals surface area contributed by atoms with Crippen LogP contribution in [0.4, 0.5) is 0 Å². The van der Waals surface area contributed by atoms with Crippen molar-refractivity contribution in [3.8, 4) is 6.07 Å². The summed E-state index contributed by atoms with van der Waals surface area (Å²) in [5, 5.41) is 19.0. The van der Waals surface area contributed by atoms with Crippen LogP contribution in [0.15, 0.2) is 23.3 Å². The molecule has 1 aliphatic heterocycles. The second-order valence-corrected chi connectivity index (χ2v) is 7.48. The number of aliphatic hydroxyl groups is 1. The van der Waals surface area contributed by atoms with Crippen LogP contribution in [-0.4, -0.2) is 23.4 Å². The lowest BCUT2D eigenvalue weighted by atomic mass is 9.89. The van der Waals surface area contributed by atoms with Crippen molar-refractivity contribution in [1.29, 1.82) is 5.26 Å². The molecule has 1 aliphatic rings. The molecular formula is C20H33NO2. The van der Waals surface area contributed by atoms with E-state index in [-0.39, 0.29) is 11.7 Å². The van der Waals surface area contributed by atoms with Gasteiger partial charge in [0.05, 0.1) is 24.4 Å². The van der Waals surface area contributed by atoms with Crippen molar-refractivity contribution < 1.29 is 9.84 Å². The van der Waals surface area contributed by atoms with E-state index < -0.39 is 0 Å². The standard InChI is InChI=1S/C20H33NO2/c1-16(2)9-10-19(22)17(3)7-5-12-20(4)13-6-8-18(11-14-21)15-23-20/h9,11,17,19,22H,5-8,10,12-13,15H2,1-4H3/t17?,19?,20-/m0/s1. The highest BCUT2D eigenvalue weighted by Crippen LogP contribution is 2.31. The Hall–Kier alpha value is -1.11. The fourth-order valence-corrected chi connectivity index (χ4v) is 3.08. The molecule has 0 spiro atoms. The molecule has 1 fully saturated rings. The van der Waals surface area contributed by atoms with Crippen molar-refractivity contribution in [3.63, 3.8) is 0 Å². The van der Waals surface area contributed by atoms with Gasteiger partial charge in [-0.1, -0.05) is 25.0 Å². The van der Waals surface area contributed by atoms with Crippen LogP contribution in [0, 0.1) is 17.2 Å². The van der Waals surface area contributed by atoms with Gasteiger partial charge in [-0.3, -0.25) is 0 Å². The van der Waals surface area contributed by atoms with Gasteiger partial charge in [-0.05, 0) is 70.8 Å². The van der Waals surface area contributed by atoms with Crippen molar-refractivity contribution in [3.05, 3.63) is 23.3 Å². The van der Waals surface area contributed by atoms with Crippen LogP contribution in [0.1, 0.15) is 72.6 Å². The molecule has 3 heteroatoms.